The molecule has 7 heteroatoms. The van der Waals surface area contributed by atoms with E-state index in [1.54, 1.807) is 13.1 Å². The lowest BCUT2D eigenvalue weighted by Crippen LogP contribution is -2.09. The van der Waals surface area contributed by atoms with Gasteiger partial charge in [-0.1, -0.05) is 37.1 Å². The Morgan fingerprint density at radius 1 is 1.29 bits per heavy atom. The molecule has 1 aromatic heterocycles. The van der Waals surface area contributed by atoms with Crippen LogP contribution in [0.15, 0.2) is 31.7 Å². The number of halogens is 3. The van der Waals surface area contributed by atoms with Crippen LogP contribution in [0.3, 0.4) is 0 Å². The van der Waals surface area contributed by atoms with Crippen molar-refractivity contribution in [3.8, 4) is 0 Å². The van der Waals surface area contributed by atoms with Crippen LogP contribution in [0.2, 0.25) is 0 Å². The van der Waals surface area contributed by atoms with Gasteiger partial charge in [-0.25, -0.2) is 4.68 Å². The zero-order valence-corrected chi connectivity index (χ0v) is 13.4. The third-order valence-corrected chi connectivity index (χ3v) is 3.89. The maximum Gasteiger partial charge on any atom is 0.215 e. The standard InChI is InChI=1S/C10H6Br3N3O/c1-16-8(10(13)14-15-16)9(17)6-4-5(11)2-3-7(6)12/h2-4H,1H3. The lowest BCUT2D eigenvalue weighted by Gasteiger charge is -2.04. The predicted molar refractivity (Wildman–Crippen MR) is 74.0 cm³/mol. The molecule has 0 saturated heterocycles. The summed E-state index contributed by atoms with van der Waals surface area (Å²) in [5.74, 6) is -0.141. The van der Waals surface area contributed by atoms with Crippen LogP contribution < -0.4 is 0 Å². The van der Waals surface area contributed by atoms with Crippen LogP contribution in [0.25, 0.3) is 0 Å². The maximum absolute atomic E-state index is 12.3. The van der Waals surface area contributed by atoms with Gasteiger partial charge in [0.15, 0.2) is 4.60 Å². The number of hydrogen-bond donors (Lipinski definition) is 0. The summed E-state index contributed by atoms with van der Waals surface area (Å²) in [6.45, 7) is 0. The number of carbonyl (C=O) groups is 1. The van der Waals surface area contributed by atoms with E-state index in [1.807, 2.05) is 12.1 Å². The molecule has 0 aliphatic rings. The lowest BCUT2D eigenvalue weighted by molar-refractivity contribution is 0.102. The molecule has 2 aromatic rings. The summed E-state index contributed by atoms with van der Waals surface area (Å²) in [7, 11) is 1.68. The number of aryl methyl sites for hydroxylation is 1. The van der Waals surface area contributed by atoms with Gasteiger partial charge in [0.1, 0.15) is 5.69 Å². The van der Waals surface area contributed by atoms with E-state index in [2.05, 4.69) is 58.1 Å². The minimum Gasteiger partial charge on any atom is -0.287 e. The summed E-state index contributed by atoms with van der Waals surface area (Å²) in [6.07, 6.45) is 0. The first-order valence-corrected chi connectivity index (χ1v) is 6.93. The molecule has 17 heavy (non-hydrogen) atoms. The average Bonchev–Trinajstić information content (AvgIpc) is 2.61. The fourth-order valence-corrected chi connectivity index (χ4v) is 2.67. The number of rotatable bonds is 2. The van der Waals surface area contributed by atoms with Crippen molar-refractivity contribution in [3.63, 3.8) is 0 Å². The molecule has 0 unspecified atom stereocenters. The van der Waals surface area contributed by atoms with E-state index >= 15 is 0 Å². The maximum atomic E-state index is 12.3. The molecule has 0 amide bonds. The summed E-state index contributed by atoms with van der Waals surface area (Å²) in [4.78, 5) is 12.3. The van der Waals surface area contributed by atoms with Gasteiger partial charge in [-0.05, 0) is 34.1 Å². The molecule has 0 atom stereocenters. The summed E-state index contributed by atoms with van der Waals surface area (Å²) in [6, 6.07) is 5.43. The Kier molecular flexibility index (Phi) is 3.79. The third-order valence-electron chi connectivity index (χ3n) is 2.17. The van der Waals surface area contributed by atoms with E-state index in [4.69, 9.17) is 0 Å². The second kappa shape index (κ2) is 4.99. The minimum atomic E-state index is -0.141. The molecule has 0 fully saturated rings. The Hall–Kier alpha value is -0.530. The van der Waals surface area contributed by atoms with Gasteiger partial charge >= 0.3 is 0 Å². The van der Waals surface area contributed by atoms with Crippen molar-refractivity contribution in [1.29, 1.82) is 0 Å². The zero-order valence-electron chi connectivity index (χ0n) is 8.62. The van der Waals surface area contributed by atoms with E-state index in [0.717, 1.165) is 8.95 Å². The Morgan fingerprint density at radius 2 is 2.00 bits per heavy atom. The molecule has 0 saturated carbocycles. The van der Waals surface area contributed by atoms with Crippen LogP contribution in [-0.4, -0.2) is 20.8 Å². The Morgan fingerprint density at radius 3 is 2.59 bits per heavy atom. The third kappa shape index (κ3) is 2.51. The highest BCUT2D eigenvalue weighted by Gasteiger charge is 2.20. The highest BCUT2D eigenvalue weighted by molar-refractivity contribution is 9.11. The highest BCUT2D eigenvalue weighted by Crippen LogP contribution is 2.25. The first kappa shape index (κ1) is 12.9. The van der Waals surface area contributed by atoms with Crippen molar-refractivity contribution in [1.82, 2.24) is 15.0 Å². The van der Waals surface area contributed by atoms with Crippen LogP contribution in [0.5, 0.6) is 0 Å². The smallest absolute Gasteiger partial charge is 0.215 e. The van der Waals surface area contributed by atoms with E-state index in [1.165, 1.54) is 4.68 Å². The molecule has 0 aliphatic heterocycles. The van der Waals surface area contributed by atoms with Crippen molar-refractivity contribution in [2.75, 3.05) is 0 Å². The summed E-state index contributed by atoms with van der Waals surface area (Å²) in [5.41, 5.74) is 0.981. The van der Waals surface area contributed by atoms with Gasteiger partial charge in [-0.15, -0.1) is 5.10 Å². The van der Waals surface area contributed by atoms with Crippen molar-refractivity contribution in [3.05, 3.63) is 43.0 Å². The molecule has 1 heterocycles. The van der Waals surface area contributed by atoms with Gasteiger partial charge in [0.05, 0.1) is 0 Å². The quantitative estimate of drug-likeness (QED) is 0.696. The average molecular weight is 424 g/mol. The van der Waals surface area contributed by atoms with E-state index in [9.17, 15) is 4.79 Å². The molecule has 88 valence electrons. The second-order valence-electron chi connectivity index (χ2n) is 3.31. The highest BCUT2D eigenvalue weighted by atomic mass is 79.9. The first-order valence-electron chi connectivity index (χ1n) is 4.55. The zero-order chi connectivity index (χ0) is 12.6. The molecule has 0 radical (unpaired) electrons. The molecule has 1 aromatic carbocycles. The van der Waals surface area contributed by atoms with Gasteiger partial charge in [0.2, 0.25) is 5.78 Å². The van der Waals surface area contributed by atoms with Crippen molar-refractivity contribution < 1.29 is 4.79 Å². The number of nitrogens with zero attached hydrogens (tertiary/aromatic N) is 3. The summed E-state index contributed by atoms with van der Waals surface area (Å²) < 4.78 is 3.46. The summed E-state index contributed by atoms with van der Waals surface area (Å²) >= 11 is 9.92. The SMILES string of the molecule is Cn1nnc(Br)c1C(=O)c1cc(Br)ccc1Br. The monoisotopic (exact) mass is 421 g/mol. The van der Waals surface area contributed by atoms with Crippen molar-refractivity contribution in [2.45, 2.75) is 0 Å². The normalized spacial score (nSPS) is 10.6. The van der Waals surface area contributed by atoms with Crippen LogP contribution in [0, 0.1) is 0 Å². The van der Waals surface area contributed by atoms with Crippen LogP contribution >= 0.6 is 47.8 Å². The van der Waals surface area contributed by atoms with Gasteiger partial charge < -0.3 is 0 Å². The van der Waals surface area contributed by atoms with E-state index < -0.39 is 0 Å². The molecular weight excluding hydrogens is 418 g/mol. The van der Waals surface area contributed by atoms with Crippen LogP contribution in [0.1, 0.15) is 16.1 Å². The first-order chi connectivity index (χ1) is 8.00. The van der Waals surface area contributed by atoms with E-state index in [0.29, 0.717) is 15.9 Å². The van der Waals surface area contributed by atoms with Gasteiger partial charge in [-0.2, -0.15) is 0 Å². The topological polar surface area (TPSA) is 47.8 Å². The van der Waals surface area contributed by atoms with Crippen LogP contribution in [0.4, 0.5) is 0 Å². The molecule has 0 N–H and O–H groups in total. The van der Waals surface area contributed by atoms with Crippen molar-refractivity contribution >= 4 is 53.6 Å². The van der Waals surface area contributed by atoms with Gasteiger partial charge in [-0.3, -0.25) is 4.79 Å². The second-order valence-corrected chi connectivity index (χ2v) is 5.83. The fraction of sp³-hybridized carbons (Fsp3) is 0.100. The Labute approximate surface area is 123 Å². The van der Waals surface area contributed by atoms with Crippen LogP contribution in [-0.2, 0) is 7.05 Å². The summed E-state index contributed by atoms with van der Waals surface area (Å²) in [5, 5.41) is 7.58. The van der Waals surface area contributed by atoms with Crippen molar-refractivity contribution in [2.24, 2.45) is 7.05 Å². The number of hydrogen-bond acceptors (Lipinski definition) is 3. The number of aromatic nitrogens is 3. The number of carbonyl (C=O) groups excluding carboxylic acids is 1. The van der Waals surface area contributed by atoms with Gasteiger partial charge in [0, 0.05) is 21.6 Å². The van der Waals surface area contributed by atoms with E-state index in [-0.39, 0.29) is 5.78 Å². The molecule has 4 nitrogen and oxygen atoms in total. The molecule has 0 bridgehead atoms. The molecular formula is C10H6Br3N3O. The fourth-order valence-electron chi connectivity index (χ4n) is 1.37. The number of benzene rings is 1. The molecule has 0 aliphatic carbocycles. The minimum absolute atomic E-state index is 0.141. The molecule has 0 spiro atoms. The Bertz CT molecular complexity index is 575. The van der Waals surface area contributed by atoms with Gasteiger partial charge in [0.25, 0.3) is 0 Å². The number of ketones is 1. The lowest BCUT2D eigenvalue weighted by atomic mass is 10.1. The predicted octanol–water partition coefficient (Wildman–Crippen LogP) is 3.33. The largest absolute Gasteiger partial charge is 0.287 e. The Balaban J connectivity index is 2.55. The molecule has 2 rings (SSSR count).